The lowest BCUT2D eigenvalue weighted by atomic mass is 10.6. The molecule has 0 saturated heterocycles. The van der Waals surface area contributed by atoms with Crippen molar-refractivity contribution < 1.29 is 4.74 Å². The van der Waals surface area contributed by atoms with Crippen molar-refractivity contribution in [3.8, 4) is 6.01 Å². The third-order valence-corrected chi connectivity index (χ3v) is 2.88. The van der Waals surface area contributed by atoms with E-state index in [0.717, 1.165) is 11.6 Å². The van der Waals surface area contributed by atoms with Crippen LogP contribution in [-0.2, 0) is 6.54 Å². The molecule has 0 aromatic carbocycles. The summed E-state index contributed by atoms with van der Waals surface area (Å²) in [6.45, 7) is 5.70. The van der Waals surface area contributed by atoms with E-state index < -0.39 is 0 Å². The molecule has 19 heavy (non-hydrogen) atoms. The van der Waals surface area contributed by atoms with Gasteiger partial charge in [-0.05, 0) is 13.8 Å². The molecule has 0 bridgehead atoms. The van der Waals surface area contributed by atoms with E-state index in [9.17, 15) is 0 Å². The molecule has 0 atom stereocenters. The lowest BCUT2D eigenvalue weighted by molar-refractivity contribution is 0.312. The highest BCUT2D eigenvalue weighted by molar-refractivity contribution is 7.09. The van der Waals surface area contributed by atoms with Gasteiger partial charge in [0, 0.05) is 18.1 Å². The second-order valence-electron chi connectivity index (χ2n) is 3.51. The molecule has 2 aromatic heterocycles. The predicted molar refractivity (Wildman–Crippen MR) is 74.6 cm³/mol. The Kier molecular flexibility index (Phi) is 4.85. The summed E-state index contributed by atoms with van der Waals surface area (Å²) in [5.74, 6) is 0.979. The second-order valence-corrected chi connectivity index (χ2v) is 4.49. The van der Waals surface area contributed by atoms with Crippen LogP contribution in [0.25, 0.3) is 0 Å². The molecule has 2 rings (SSSR count). The number of anilines is 2. The van der Waals surface area contributed by atoms with Crippen molar-refractivity contribution in [3.63, 3.8) is 0 Å². The minimum atomic E-state index is 0.315. The van der Waals surface area contributed by atoms with Crippen LogP contribution in [0.4, 0.5) is 11.9 Å². The standard InChI is InChI=1S/C11H16N6OS/c1-3-12-9-15-10(17-11(16-9)18-4-2)14-7-8-13-5-6-19-8/h5-6H,3-4,7H2,1-2H3,(H2,12,14,15,16,17). The van der Waals surface area contributed by atoms with Crippen molar-refractivity contribution in [1.82, 2.24) is 19.9 Å². The van der Waals surface area contributed by atoms with Crippen molar-refractivity contribution >= 4 is 23.2 Å². The van der Waals surface area contributed by atoms with Crippen LogP contribution in [0.5, 0.6) is 6.01 Å². The van der Waals surface area contributed by atoms with Crippen molar-refractivity contribution in [2.24, 2.45) is 0 Å². The first-order valence-corrected chi connectivity index (χ1v) is 6.94. The summed E-state index contributed by atoms with van der Waals surface area (Å²) < 4.78 is 5.32. The summed E-state index contributed by atoms with van der Waals surface area (Å²) in [5.41, 5.74) is 0. The molecule has 2 heterocycles. The maximum atomic E-state index is 5.32. The van der Waals surface area contributed by atoms with Crippen LogP contribution < -0.4 is 15.4 Å². The third-order valence-electron chi connectivity index (χ3n) is 2.10. The normalized spacial score (nSPS) is 10.2. The summed E-state index contributed by atoms with van der Waals surface area (Å²) in [7, 11) is 0. The summed E-state index contributed by atoms with van der Waals surface area (Å²) >= 11 is 1.58. The van der Waals surface area contributed by atoms with Gasteiger partial charge in [-0.15, -0.1) is 11.3 Å². The van der Waals surface area contributed by atoms with Crippen LogP contribution in [-0.4, -0.2) is 33.1 Å². The highest BCUT2D eigenvalue weighted by Gasteiger charge is 2.07. The average molecular weight is 280 g/mol. The molecule has 0 aliphatic rings. The van der Waals surface area contributed by atoms with Gasteiger partial charge in [0.15, 0.2) is 0 Å². The zero-order chi connectivity index (χ0) is 13.5. The second kappa shape index (κ2) is 6.83. The molecule has 0 aliphatic heterocycles. The lowest BCUT2D eigenvalue weighted by Crippen LogP contribution is -2.10. The molecule has 2 aromatic rings. The number of ether oxygens (including phenoxy) is 1. The van der Waals surface area contributed by atoms with Gasteiger partial charge in [0.2, 0.25) is 11.9 Å². The van der Waals surface area contributed by atoms with Crippen LogP contribution in [0.3, 0.4) is 0 Å². The molecule has 8 heteroatoms. The zero-order valence-electron chi connectivity index (χ0n) is 10.9. The van der Waals surface area contributed by atoms with E-state index in [-0.39, 0.29) is 0 Å². The first-order chi connectivity index (χ1) is 9.31. The topological polar surface area (TPSA) is 84.9 Å². The van der Waals surface area contributed by atoms with Crippen molar-refractivity contribution in [1.29, 1.82) is 0 Å². The highest BCUT2D eigenvalue weighted by atomic mass is 32.1. The Morgan fingerprint density at radius 2 is 1.95 bits per heavy atom. The van der Waals surface area contributed by atoms with Crippen LogP contribution in [0.1, 0.15) is 18.9 Å². The van der Waals surface area contributed by atoms with Gasteiger partial charge in [0.1, 0.15) is 5.01 Å². The fourth-order valence-electron chi connectivity index (χ4n) is 1.36. The van der Waals surface area contributed by atoms with Gasteiger partial charge < -0.3 is 15.4 Å². The molecule has 0 amide bonds. The fraction of sp³-hybridized carbons (Fsp3) is 0.455. The molecule has 2 N–H and O–H groups in total. The van der Waals surface area contributed by atoms with E-state index in [1.54, 1.807) is 17.5 Å². The summed E-state index contributed by atoms with van der Waals surface area (Å²) in [4.78, 5) is 16.8. The van der Waals surface area contributed by atoms with Crippen LogP contribution >= 0.6 is 11.3 Å². The summed E-state index contributed by atoms with van der Waals surface area (Å²) in [5, 5.41) is 9.06. The molecule has 0 unspecified atom stereocenters. The molecule has 102 valence electrons. The van der Waals surface area contributed by atoms with Crippen LogP contribution in [0.15, 0.2) is 11.6 Å². The average Bonchev–Trinajstić information content (AvgIpc) is 2.90. The molecule has 0 saturated carbocycles. The molecule has 7 nitrogen and oxygen atoms in total. The molecule has 0 spiro atoms. The number of nitrogens with zero attached hydrogens (tertiary/aromatic N) is 4. The van der Waals surface area contributed by atoms with E-state index in [2.05, 4.69) is 30.6 Å². The Balaban J connectivity index is 2.08. The van der Waals surface area contributed by atoms with E-state index in [0.29, 0.717) is 31.1 Å². The van der Waals surface area contributed by atoms with Crippen molar-refractivity contribution in [2.75, 3.05) is 23.8 Å². The minimum absolute atomic E-state index is 0.315. The quantitative estimate of drug-likeness (QED) is 0.799. The number of hydrogen-bond acceptors (Lipinski definition) is 8. The fourth-order valence-corrected chi connectivity index (χ4v) is 1.92. The predicted octanol–water partition coefficient (Wildman–Crippen LogP) is 1.77. The molecule has 0 aliphatic carbocycles. The van der Waals surface area contributed by atoms with Gasteiger partial charge >= 0.3 is 6.01 Å². The lowest BCUT2D eigenvalue weighted by Gasteiger charge is -2.08. The largest absolute Gasteiger partial charge is 0.464 e. The summed E-state index contributed by atoms with van der Waals surface area (Å²) in [6, 6.07) is 0.315. The minimum Gasteiger partial charge on any atom is -0.464 e. The monoisotopic (exact) mass is 280 g/mol. The Morgan fingerprint density at radius 1 is 1.16 bits per heavy atom. The van der Waals surface area contributed by atoms with Crippen LogP contribution in [0, 0.1) is 0 Å². The number of hydrogen-bond donors (Lipinski definition) is 2. The number of aromatic nitrogens is 4. The van der Waals surface area contributed by atoms with Gasteiger partial charge in [-0.1, -0.05) is 0 Å². The zero-order valence-corrected chi connectivity index (χ0v) is 11.7. The van der Waals surface area contributed by atoms with Crippen molar-refractivity contribution in [2.45, 2.75) is 20.4 Å². The van der Waals surface area contributed by atoms with Crippen molar-refractivity contribution in [3.05, 3.63) is 16.6 Å². The number of rotatable bonds is 7. The Hall–Kier alpha value is -1.96. The van der Waals surface area contributed by atoms with E-state index >= 15 is 0 Å². The Labute approximate surface area is 115 Å². The molecular weight excluding hydrogens is 264 g/mol. The van der Waals surface area contributed by atoms with Gasteiger partial charge in [-0.25, -0.2) is 4.98 Å². The maximum Gasteiger partial charge on any atom is 0.323 e. The van der Waals surface area contributed by atoms with Gasteiger partial charge in [0.05, 0.1) is 13.2 Å². The van der Waals surface area contributed by atoms with Gasteiger partial charge in [-0.2, -0.15) is 15.0 Å². The number of thiazole rings is 1. The van der Waals surface area contributed by atoms with E-state index in [1.165, 1.54) is 0 Å². The first kappa shape index (κ1) is 13.5. The maximum absolute atomic E-state index is 5.32. The Morgan fingerprint density at radius 3 is 2.58 bits per heavy atom. The molecular formula is C11H16N6OS. The van der Waals surface area contributed by atoms with Crippen LogP contribution in [0.2, 0.25) is 0 Å². The van der Waals surface area contributed by atoms with E-state index in [1.807, 2.05) is 19.2 Å². The molecule has 0 radical (unpaired) electrons. The summed E-state index contributed by atoms with van der Waals surface area (Å²) in [6.07, 6.45) is 1.77. The van der Waals surface area contributed by atoms with E-state index in [4.69, 9.17) is 4.74 Å². The third kappa shape index (κ3) is 4.02. The first-order valence-electron chi connectivity index (χ1n) is 6.06. The van der Waals surface area contributed by atoms with Gasteiger partial charge in [-0.3, -0.25) is 0 Å². The number of nitrogens with one attached hydrogen (secondary N) is 2. The smallest absolute Gasteiger partial charge is 0.323 e. The Bertz CT molecular complexity index is 480. The SMILES string of the molecule is CCNc1nc(NCc2nccs2)nc(OCC)n1. The highest BCUT2D eigenvalue weighted by Crippen LogP contribution is 2.12. The molecule has 0 fully saturated rings. The van der Waals surface area contributed by atoms with Gasteiger partial charge in [0.25, 0.3) is 0 Å².